The van der Waals surface area contributed by atoms with Gasteiger partial charge in [-0.15, -0.1) is 0 Å². The van der Waals surface area contributed by atoms with Gasteiger partial charge in [0.15, 0.2) is 0 Å². The number of carbonyl (C=O) groups is 1. The molecule has 1 rings (SSSR count). The van der Waals surface area contributed by atoms with E-state index >= 15 is 0 Å². The van der Waals surface area contributed by atoms with E-state index < -0.39 is 6.10 Å². The number of aliphatic hydroxyl groups is 1. The van der Waals surface area contributed by atoms with Crippen LogP contribution in [0.25, 0.3) is 0 Å². The average Bonchev–Trinajstić information content (AvgIpc) is 2.50. The Morgan fingerprint density at radius 3 is 2.48 bits per heavy atom. The molecule has 5 nitrogen and oxygen atoms in total. The molecule has 0 fully saturated rings. The third-order valence-corrected chi connectivity index (χ3v) is 4.39. The van der Waals surface area contributed by atoms with Gasteiger partial charge in [0, 0.05) is 19.5 Å². The first-order valence-electron chi connectivity index (χ1n) is 7.56. The normalized spacial score (nSPS) is 12.3. The van der Waals surface area contributed by atoms with E-state index in [0.29, 0.717) is 18.6 Å². The summed E-state index contributed by atoms with van der Waals surface area (Å²) in [7, 11) is 4.05. The molecule has 0 aliphatic heterocycles. The summed E-state index contributed by atoms with van der Waals surface area (Å²) in [5.74, 6) is 0.639. The number of amides is 1. The lowest BCUT2D eigenvalue weighted by atomic mass is 10.1. The SMILES string of the molecule is CCC(=O)NC[C@H](O)c1cc(Br)c(OCCCN(C)C)c(Br)c1. The average molecular weight is 452 g/mol. The van der Waals surface area contributed by atoms with Crippen LogP contribution in [0.2, 0.25) is 0 Å². The van der Waals surface area contributed by atoms with Crippen molar-refractivity contribution in [3.63, 3.8) is 0 Å². The first kappa shape index (κ1) is 20.4. The van der Waals surface area contributed by atoms with Gasteiger partial charge in [-0.1, -0.05) is 6.92 Å². The fourth-order valence-electron chi connectivity index (χ4n) is 1.92. The van der Waals surface area contributed by atoms with Gasteiger partial charge in [-0.25, -0.2) is 0 Å². The van der Waals surface area contributed by atoms with Crippen LogP contribution in [0.5, 0.6) is 5.75 Å². The van der Waals surface area contributed by atoms with Crippen molar-refractivity contribution in [3.05, 3.63) is 26.6 Å². The van der Waals surface area contributed by atoms with Crippen molar-refractivity contribution in [2.24, 2.45) is 0 Å². The minimum Gasteiger partial charge on any atom is -0.491 e. The summed E-state index contributed by atoms with van der Waals surface area (Å²) in [6, 6.07) is 3.63. The van der Waals surface area contributed by atoms with Crippen LogP contribution >= 0.6 is 31.9 Å². The number of ether oxygens (including phenoxy) is 1. The zero-order chi connectivity index (χ0) is 17.4. The third-order valence-electron chi connectivity index (χ3n) is 3.22. The summed E-state index contributed by atoms with van der Waals surface area (Å²) in [5, 5.41) is 12.9. The quantitative estimate of drug-likeness (QED) is 0.566. The van der Waals surface area contributed by atoms with Gasteiger partial charge in [0.25, 0.3) is 0 Å². The maximum absolute atomic E-state index is 11.3. The van der Waals surface area contributed by atoms with Gasteiger partial charge >= 0.3 is 0 Å². The Balaban J connectivity index is 2.66. The molecule has 0 bridgehead atoms. The maximum atomic E-state index is 11.3. The van der Waals surface area contributed by atoms with E-state index in [1.54, 1.807) is 6.92 Å². The van der Waals surface area contributed by atoms with Crippen LogP contribution in [0.4, 0.5) is 0 Å². The van der Waals surface area contributed by atoms with Crippen LogP contribution < -0.4 is 10.1 Å². The van der Waals surface area contributed by atoms with E-state index in [1.807, 2.05) is 26.2 Å². The number of benzene rings is 1. The van der Waals surface area contributed by atoms with Crippen molar-refractivity contribution in [1.29, 1.82) is 0 Å². The Morgan fingerprint density at radius 2 is 1.96 bits per heavy atom. The second-order valence-corrected chi connectivity index (χ2v) is 7.20. The van der Waals surface area contributed by atoms with Crippen molar-refractivity contribution in [2.45, 2.75) is 25.9 Å². The fraction of sp³-hybridized carbons (Fsp3) is 0.562. The first-order chi connectivity index (χ1) is 10.8. The lowest BCUT2D eigenvalue weighted by molar-refractivity contribution is -0.121. The molecule has 0 aliphatic carbocycles. The number of nitrogens with one attached hydrogen (secondary N) is 1. The Morgan fingerprint density at radius 1 is 1.35 bits per heavy atom. The van der Waals surface area contributed by atoms with Crippen LogP contribution in [-0.2, 0) is 4.79 Å². The first-order valence-corrected chi connectivity index (χ1v) is 9.15. The number of halogens is 2. The van der Waals surface area contributed by atoms with E-state index in [2.05, 4.69) is 42.1 Å². The predicted octanol–water partition coefficient (Wildman–Crippen LogP) is 3.10. The van der Waals surface area contributed by atoms with E-state index in [4.69, 9.17) is 4.74 Å². The third kappa shape index (κ3) is 7.20. The molecule has 0 unspecified atom stereocenters. The number of aliphatic hydroxyl groups excluding tert-OH is 1. The van der Waals surface area contributed by atoms with Crippen LogP contribution in [0, 0.1) is 0 Å². The van der Waals surface area contributed by atoms with Gasteiger partial charge in [-0.05, 0) is 70.1 Å². The van der Waals surface area contributed by atoms with Crippen LogP contribution in [0.15, 0.2) is 21.1 Å². The Bertz CT molecular complexity index is 501. The summed E-state index contributed by atoms with van der Waals surface area (Å²) in [6.45, 7) is 3.54. The van der Waals surface area contributed by atoms with Crippen molar-refractivity contribution in [1.82, 2.24) is 10.2 Å². The van der Waals surface area contributed by atoms with Crippen LogP contribution in [-0.4, -0.2) is 49.7 Å². The largest absolute Gasteiger partial charge is 0.491 e. The van der Waals surface area contributed by atoms with Crippen LogP contribution in [0.3, 0.4) is 0 Å². The number of nitrogens with zero attached hydrogens (tertiary/aromatic N) is 1. The second kappa shape index (κ2) is 10.3. The minimum atomic E-state index is -0.763. The summed E-state index contributed by atoms with van der Waals surface area (Å²) < 4.78 is 7.34. The van der Waals surface area contributed by atoms with Gasteiger partial charge in [0.1, 0.15) is 5.75 Å². The lowest BCUT2D eigenvalue weighted by Gasteiger charge is -2.16. The number of hydrogen-bond donors (Lipinski definition) is 2. The summed E-state index contributed by atoms with van der Waals surface area (Å²) in [4.78, 5) is 13.4. The van der Waals surface area contributed by atoms with E-state index in [1.165, 1.54) is 0 Å². The lowest BCUT2D eigenvalue weighted by Crippen LogP contribution is -2.27. The van der Waals surface area contributed by atoms with E-state index in [-0.39, 0.29) is 12.5 Å². The predicted molar refractivity (Wildman–Crippen MR) is 98.8 cm³/mol. The molecule has 0 aromatic heterocycles. The van der Waals surface area contributed by atoms with Crippen molar-refractivity contribution >= 4 is 37.8 Å². The highest BCUT2D eigenvalue weighted by molar-refractivity contribution is 9.11. The fourth-order valence-corrected chi connectivity index (χ4v) is 3.37. The van der Waals surface area contributed by atoms with Gasteiger partial charge in [0.2, 0.25) is 5.91 Å². The molecule has 0 spiro atoms. The monoisotopic (exact) mass is 450 g/mol. The van der Waals surface area contributed by atoms with Crippen molar-refractivity contribution in [2.75, 3.05) is 33.8 Å². The minimum absolute atomic E-state index is 0.0805. The number of rotatable bonds is 9. The Hall–Kier alpha value is -0.630. The molecule has 1 atom stereocenters. The van der Waals surface area contributed by atoms with Gasteiger partial charge in [-0.3, -0.25) is 4.79 Å². The molecule has 2 N–H and O–H groups in total. The summed E-state index contributed by atoms with van der Waals surface area (Å²) in [6.07, 6.45) is 0.569. The summed E-state index contributed by atoms with van der Waals surface area (Å²) in [5.41, 5.74) is 0.709. The smallest absolute Gasteiger partial charge is 0.219 e. The highest BCUT2D eigenvalue weighted by atomic mass is 79.9. The van der Waals surface area contributed by atoms with Gasteiger partial charge < -0.3 is 20.1 Å². The molecule has 0 aliphatic rings. The van der Waals surface area contributed by atoms with Gasteiger partial charge in [0.05, 0.1) is 21.7 Å². The molecule has 0 heterocycles. The highest BCUT2D eigenvalue weighted by Gasteiger charge is 2.15. The van der Waals surface area contributed by atoms with Crippen molar-refractivity contribution < 1.29 is 14.6 Å². The number of hydrogen-bond acceptors (Lipinski definition) is 4. The van der Waals surface area contributed by atoms with Gasteiger partial charge in [-0.2, -0.15) is 0 Å². The van der Waals surface area contributed by atoms with Crippen LogP contribution in [0.1, 0.15) is 31.4 Å². The molecule has 23 heavy (non-hydrogen) atoms. The molecule has 0 radical (unpaired) electrons. The Kier molecular flexibility index (Phi) is 9.12. The number of carbonyl (C=O) groups excluding carboxylic acids is 1. The molecule has 1 aromatic rings. The molecule has 130 valence electrons. The molecule has 0 saturated heterocycles. The Labute approximate surface area is 154 Å². The molecule has 7 heteroatoms. The van der Waals surface area contributed by atoms with Crippen molar-refractivity contribution in [3.8, 4) is 5.75 Å². The molecule has 1 amide bonds. The standard InChI is InChI=1S/C16H24Br2N2O3/c1-4-15(22)19-10-14(21)11-8-12(17)16(13(18)9-11)23-7-5-6-20(2)3/h8-9,14,21H,4-7,10H2,1-3H3,(H,19,22)/t14-/m0/s1. The second-order valence-electron chi connectivity index (χ2n) is 5.49. The molecule has 1 aromatic carbocycles. The molecule has 0 saturated carbocycles. The molecular formula is C16H24Br2N2O3. The van der Waals surface area contributed by atoms with E-state index in [0.717, 1.165) is 27.7 Å². The summed E-state index contributed by atoms with van der Waals surface area (Å²) >= 11 is 6.95. The highest BCUT2D eigenvalue weighted by Crippen LogP contribution is 2.36. The topological polar surface area (TPSA) is 61.8 Å². The maximum Gasteiger partial charge on any atom is 0.219 e. The van der Waals surface area contributed by atoms with E-state index in [9.17, 15) is 9.90 Å². The zero-order valence-electron chi connectivity index (χ0n) is 13.7. The zero-order valence-corrected chi connectivity index (χ0v) is 16.9. The molecular weight excluding hydrogens is 428 g/mol.